The van der Waals surface area contributed by atoms with Crippen LogP contribution in [0.2, 0.25) is 5.02 Å². The molecule has 1 aromatic carbocycles. The van der Waals surface area contributed by atoms with E-state index in [1.54, 1.807) is 18.2 Å². The molecular weight excluding hydrogens is 334 g/mol. The highest BCUT2D eigenvalue weighted by molar-refractivity contribution is 9.10. The molecule has 1 unspecified atom stereocenters. The second kappa shape index (κ2) is 5.92. The molecule has 102 valence electrons. The summed E-state index contributed by atoms with van der Waals surface area (Å²) in [5, 5.41) is 12.1. The average Bonchev–Trinajstić information content (AvgIpc) is 3.09. The van der Waals surface area contributed by atoms with Gasteiger partial charge in [0.05, 0.1) is 6.42 Å². The van der Waals surface area contributed by atoms with E-state index in [1.165, 1.54) is 0 Å². The van der Waals surface area contributed by atoms with Gasteiger partial charge in [-0.05, 0) is 37.0 Å². The van der Waals surface area contributed by atoms with E-state index in [0.29, 0.717) is 15.1 Å². The van der Waals surface area contributed by atoms with Crippen molar-refractivity contribution >= 4 is 39.4 Å². The van der Waals surface area contributed by atoms with Gasteiger partial charge in [-0.25, -0.2) is 0 Å². The third-order valence-electron chi connectivity index (χ3n) is 3.03. The first-order chi connectivity index (χ1) is 8.95. The maximum Gasteiger partial charge on any atom is 0.305 e. The number of benzene rings is 1. The summed E-state index contributed by atoms with van der Waals surface area (Å²) in [6.07, 6.45) is 1.90. The summed E-state index contributed by atoms with van der Waals surface area (Å²) >= 11 is 9.16. The van der Waals surface area contributed by atoms with Crippen molar-refractivity contribution in [3.8, 4) is 0 Å². The van der Waals surface area contributed by atoms with Gasteiger partial charge in [-0.1, -0.05) is 27.5 Å². The normalized spacial score (nSPS) is 15.9. The molecule has 0 radical (unpaired) electrons. The number of carbonyl (C=O) groups is 2. The minimum atomic E-state index is -0.899. The Labute approximate surface area is 124 Å². The summed E-state index contributed by atoms with van der Waals surface area (Å²) in [6, 6.07) is 4.61. The molecule has 4 nitrogen and oxygen atoms in total. The molecule has 1 atom stereocenters. The Kier molecular flexibility index (Phi) is 4.47. The second-order valence-electron chi connectivity index (χ2n) is 4.67. The van der Waals surface area contributed by atoms with Crippen molar-refractivity contribution in [2.24, 2.45) is 5.92 Å². The van der Waals surface area contributed by atoms with Crippen LogP contribution in [0.15, 0.2) is 22.7 Å². The molecule has 0 bridgehead atoms. The van der Waals surface area contributed by atoms with Crippen LogP contribution in [0.4, 0.5) is 0 Å². The molecule has 6 heteroatoms. The average molecular weight is 347 g/mol. The molecule has 0 heterocycles. The van der Waals surface area contributed by atoms with Gasteiger partial charge in [0, 0.05) is 21.1 Å². The monoisotopic (exact) mass is 345 g/mol. The molecular formula is C13H13BrClNO3. The molecule has 0 aliphatic heterocycles. The van der Waals surface area contributed by atoms with E-state index in [4.69, 9.17) is 16.7 Å². The van der Waals surface area contributed by atoms with Gasteiger partial charge in [0.2, 0.25) is 0 Å². The predicted octanol–water partition coefficient (Wildman–Crippen LogP) is 3.09. The lowest BCUT2D eigenvalue weighted by Gasteiger charge is -2.16. The maximum atomic E-state index is 12.1. The summed E-state index contributed by atoms with van der Waals surface area (Å²) in [4.78, 5) is 22.9. The fourth-order valence-electron chi connectivity index (χ4n) is 1.96. The number of nitrogens with one attached hydrogen (secondary N) is 1. The Morgan fingerprint density at radius 1 is 1.42 bits per heavy atom. The van der Waals surface area contributed by atoms with Crippen LogP contribution in [0.5, 0.6) is 0 Å². The van der Waals surface area contributed by atoms with E-state index in [1.807, 2.05) is 0 Å². The number of carboxylic acid groups (broad SMARTS) is 1. The van der Waals surface area contributed by atoms with Gasteiger partial charge in [0.1, 0.15) is 0 Å². The van der Waals surface area contributed by atoms with Gasteiger partial charge in [0.25, 0.3) is 5.91 Å². The van der Waals surface area contributed by atoms with Crippen molar-refractivity contribution in [3.05, 3.63) is 33.3 Å². The largest absolute Gasteiger partial charge is 0.481 e. The number of hydrogen-bond acceptors (Lipinski definition) is 2. The van der Waals surface area contributed by atoms with Crippen LogP contribution in [0.25, 0.3) is 0 Å². The highest BCUT2D eigenvalue weighted by Gasteiger charge is 2.33. The topological polar surface area (TPSA) is 66.4 Å². The van der Waals surface area contributed by atoms with Crippen molar-refractivity contribution in [2.75, 3.05) is 0 Å². The number of carboxylic acids is 1. The van der Waals surface area contributed by atoms with Gasteiger partial charge >= 0.3 is 5.97 Å². The van der Waals surface area contributed by atoms with Gasteiger partial charge < -0.3 is 10.4 Å². The lowest BCUT2D eigenvalue weighted by atomic mass is 10.1. The first-order valence-corrected chi connectivity index (χ1v) is 7.11. The van der Waals surface area contributed by atoms with E-state index < -0.39 is 5.97 Å². The first kappa shape index (κ1) is 14.3. The fourth-order valence-corrected chi connectivity index (χ4v) is 2.82. The Bertz CT molecular complexity index is 496. The number of amides is 1. The third-order valence-corrected chi connectivity index (χ3v) is 3.70. The summed E-state index contributed by atoms with van der Waals surface area (Å²) in [5.74, 6) is -0.909. The molecule has 1 saturated carbocycles. The molecule has 1 aromatic rings. The molecule has 2 rings (SSSR count). The lowest BCUT2D eigenvalue weighted by molar-refractivity contribution is -0.137. The zero-order chi connectivity index (χ0) is 14.0. The Morgan fingerprint density at radius 3 is 2.63 bits per heavy atom. The number of aliphatic carboxylic acids is 1. The molecule has 1 fully saturated rings. The first-order valence-electron chi connectivity index (χ1n) is 5.94. The fraction of sp³-hybridized carbons (Fsp3) is 0.385. The molecule has 0 saturated heterocycles. The minimum Gasteiger partial charge on any atom is -0.481 e. The van der Waals surface area contributed by atoms with Gasteiger partial charge in [-0.15, -0.1) is 0 Å². The standard InChI is InChI=1S/C13H13BrClNO3/c14-9-3-8(4-10(15)5-9)13(19)16-11(6-12(17)18)7-1-2-7/h3-5,7,11H,1-2,6H2,(H,16,19)(H,17,18). The van der Waals surface area contributed by atoms with E-state index >= 15 is 0 Å². The number of hydrogen-bond donors (Lipinski definition) is 2. The summed E-state index contributed by atoms with van der Waals surface area (Å²) < 4.78 is 0.714. The lowest BCUT2D eigenvalue weighted by Crippen LogP contribution is -2.38. The number of halogens is 2. The van der Waals surface area contributed by atoms with Crippen molar-refractivity contribution < 1.29 is 14.7 Å². The van der Waals surface area contributed by atoms with E-state index in [2.05, 4.69) is 21.2 Å². The number of carbonyl (C=O) groups excluding carboxylic acids is 1. The minimum absolute atomic E-state index is 0.0435. The van der Waals surface area contributed by atoms with Gasteiger partial charge in [0.15, 0.2) is 0 Å². The Hall–Kier alpha value is -1.07. The zero-order valence-electron chi connectivity index (χ0n) is 10.0. The maximum absolute atomic E-state index is 12.1. The van der Waals surface area contributed by atoms with E-state index in [0.717, 1.165) is 12.8 Å². The van der Waals surface area contributed by atoms with Crippen LogP contribution in [-0.4, -0.2) is 23.0 Å². The second-order valence-corrected chi connectivity index (χ2v) is 6.03. The van der Waals surface area contributed by atoms with Crippen LogP contribution in [0, 0.1) is 5.92 Å². The van der Waals surface area contributed by atoms with Gasteiger partial charge in [-0.2, -0.15) is 0 Å². The third kappa shape index (κ3) is 4.21. The highest BCUT2D eigenvalue weighted by atomic mass is 79.9. The van der Waals surface area contributed by atoms with Crippen molar-refractivity contribution in [2.45, 2.75) is 25.3 Å². The van der Waals surface area contributed by atoms with Crippen LogP contribution < -0.4 is 5.32 Å². The predicted molar refractivity (Wildman–Crippen MR) is 75.4 cm³/mol. The quantitative estimate of drug-likeness (QED) is 0.861. The highest BCUT2D eigenvalue weighted by Crippen LogP contribution is 2.34. The van der Waals surface area contributed by atoms with Crippen LogP contribution in [0.1, 0.15) is 29.6 Å². The summed E-state index contributed by atoms with van der Waals surface area (Å²) in [7, 11) is 0. The molecule has 1 aliphatic carbocycles. The smallest absolute Gasteiger partial charge is 0.305 e. The molecule has 2 N–H and O–H groups in total. The van der Waals surface area contributed by atoms with Crippen LogP contribution >= 0.6 is 27.5 Å². The molecule has 0 spiro atoms. The Balaban J connectivity index is 2.07. The molecule has 19 heavy (non-hydrogen) atoms. The molecule has 1 aliphatic rings. The molecule has 0 aromatic heterocycles. The SMILES string of the molecule is O=C(O)CC(NC(=O)c1cc(Cl)cc(Br)c1)C1CC1. The van der Waals surface area contributed by atoms with E-state index in [9.17, 15) is 9.59 Å². The zero-order valence-corrected chi connectivity index (χ0v) is 12.4. The number of rotatable bonds is 5. The Morgan fingerprint density at radius 2 is 2.11 bits per heavy atom. The summed E-state index contributed by atoms with van der Waals surface area (Å²) in [6.45, 7) is 0. The van der Waals surface area contributed by atoms with E-state index in [-0.39, 0.29) is 24.3 Å². The van der Waals surface area contributed by atoms with Crippen molar-refractivity contribution in [1.82, 2.24) is 5.32 Å². The van der Waals surface area contributed by atoms with Crippen molar-refractivity contribution in [3.63, 3.8) is 0 Å². The van der Waals surface area contributed by atoms with Crippen LogP contribution in [-0.2, 0) is 4.79 Å². The summed E-state index contributed by atoms with van der Waals surface area (Å²) in [5.41, 5.74) is 0.426. The molecule has 1 amide bonds. The van der Waals surface area contributed by atoms with Gasteiger partial charge in [-0.3, -0.25) is 9.59 Å². The van der Waals surface area contributed by atoms with Crippen molar-refractivity contribution in [1.29, 1.82) is 0 Å². The van der Waals surface area contributed by atoms with Crippen LogP contribution in [0.3, 0.4) is 0 Å².